The smallest absolute Gasteiger partial charge is 0.150 e. The Bertz CT molecular complexity index is 324. The van der Waals surface area contributed by atoms with Gasteiger partial charge in [0, 0.05) is 18.7 Å². The second kappa shape index (κ2) is 6.90. The molecule has 0 radical (unpaired) electrons. The van der Waals surface area contributed by atoms with E-state index in [0.717, 1.165) is 18.2 Å². The van der Waals surface area contributed by atoms with Crippen LogP contribution in [0.1, 0.15) is 38.9 Å². The maximum Gasteiger partial charge on any atom is 0.150 e. The van der Waals surface area contributed by atoms with Crippen LogP contribution in [0.15, 0.2) is 16.8 Å². The minimum Gasteiger partial charge on any atom is -0.360 e. The SMILES string of the molecule is CCCN1CCCC(C(C)NCc2ccno2)C1. The van der Waals surface area contributed by atoms with Gasteiger partial charge in [-0.25, -0.2) is 0 Å². The molecule has 1 aromatic rings. The minimum atomic E-state index is 0.537. The fraction of sp³-hybridized carbons (Fsp3) is 0.786. The summed E-state index contributed by atoms with van der Waals surface area (Å²) in [6.45, 7) is 9.08. The molecular weight excluding hydrogens is 226 g/mol. The lowest BCUT2D eigenvalue weighted by atomic mass is 9.91. The van der Waals surface area contributed by atoms with Crippen molar-refractivity contribution in [3.05, 3.63) is 18.0 Å². The highest BCUT2D eigenvalue weighted by atomic mass is 16.5. The van der Waals surface area contributed by atoms with E-state index in [2.05, 4.69) is 29.2 Å². The van der Waals surface area contributed by atoms with Crippen LogP contribution in [-0.2, 0) is 6.54 Å². The number of rotatable bonds is 6. The number of nitrogens with zero attached hydrogens (tertiary/aromatic N) is 2. The molecule has 18 heavy (non-hydrogen) atoms. The monoisotopic (exact) mass is 251 g/mol. The molecule has 2 atom stereocenters. The van der Waals surface area contributed by atoms with Gasteiger partial charge in [-0.05, 0) is 45.2 Å². The van der Waals surface area contributed by atoms with Gasteiger partial charge in [0.05, 0.1) is 12.7 Å². The van der Waals surface area contributed by atoms with Crippen molar-refractivity contribution in [2.75, 3.05) is 19.6 Å². The highest BCUT2D eigenvalue weighted by Gasteiger charge is 2.23. The van der Waals surface area contributed by atoms with Crippen molar-refractivity contribution in [1.82, 2.24) is 15.4 Å². The zero-order valence-electron chi connectivity index (χ0n) is 11.6. The molecule has 1 fully saturated rings. The summed E-state index contributed by atoms with van der Waals surface area (Å²) in [7, 11) is 0. The summed E-state index contributed by atoms with van der Waals surface area (Å²) in [5, 5.41) is 7.28. The first kappa shape index (κ1) is 13.6. The van der Waals surface area contributed by atoms with Gasteiger partial charge in [0.1, 0.15) is 5.76 Å². The first-order valence-electron chi connectivity index (χ1n) is 7.15. The van der Waals surface area contributed by atoms with Gasteiger partial charge in [-0.1, -0.05) is 12.1 Å². The van der Waals surface area contributed by atoms with E-state index in [9.17, 15) is 0 Å². The lowest BCUT2D eigenvalue weighted by molar-refractivity contribution is 0.149. The third kappa shape index (κ3) is 3.82. The second-order valence-electron chi connectivity index (χ2n) is 5.35. The van der Waals surface area contributed by atoms with Gasteiger partial charge >= 0.3 is 0 Å². The maximum absolute atomic E-state index is 5.11. The van der Waals surface area contributed by atoms with Crippen molar-refractivity contribution in [3.8, 4) is 0 Å². The van der Waals surface area contributed by atoms with Crippen LogP contribution in [-0.4, -0.2) is 35.7 Å². The Morgan fingerprint density at radius 2 is 2.50 bits per heavy atom. The Hall–Kier alpha value is -0.870. The third-order valence-corrected chi connectivity index (χ3v) is 3.88. The largest absolute Gasteiger partial charge is 0.360 e. The zero-order chi connectivity index (χ0) is 12.8. The molecule has 1 aliphatic rings. The molecular formula is C14H25N3O. The van der Waals surface area contributed by atoms with E-state index < -0.39 is 0 Å². The van der Waals surface area contributed by atoms with Crippen molar-refractivity contribution in [2.24, 2.45) is 5.92 Å². The molecule has 1 saturated heterocycles. The molecule has 0 saturated carbocycles. The van der Waals surface area contributed by atoms with Crippen LogP contribution < -0.4 is 5.32 Å². The lowest BCUT2D eigenvalue weighted by Gasteiger charge is -2.35. The van der Waals surface area contributed by atoms with Crippen LogP contribution in [0, 0.1) is 5.92 Å². The average Bonchev–Trinajstić information content (AvgIpc) is 2.90. The van der Waals surface area contributed by atoms with Crippen LogP contribution in [0.25, 0.3) is 0 Å². The Kier molecular flexibility index (Phi) is 5.20. The minimum absolute atomic E-state index is 0.537. The summed E-state index contributed by atoms with van der Waals surface area (Å²) in [6, 6.07) is 2.46. The van der Waals surface area contributed by atoms with E-state index in [-0.39, 0.29) is 0 Å². The van der Waals surface area contributed by atoms with Gasteiger partial charge in [-0.2, -0.15) is 0 Å². The zero-order valence-corrected chi connectivity index (χ0v) is 11.6. The number of hydrogen-bond acceptors (Lipinski definition) is 4. The number of nitrogens with one attached hydrogen (secondary N) is 1. The quantitative estimate of drug-likeness (QED) is 0.842. The standard InChI is InChI=1S/C14H25N3O/c1-3-8-17-9-4-5-13(11-17)12(2)15-10-14-6-7-16-18-14/h6-7,12-13,15H,3-5,8-11H2,1-2H3. The lowest BCUT2D eigenvalue weighted by Crippen LogP contribution is -2.44. The van der Waals surface area contributed by atoms with Crippen molar-refractivity contribution >= 4 is 0 Å². The molecule has 0 aliphatic carbocycles. The van der Waals surface area contributed by atoms with Gasteiger partial charge in [-0.3, -0.25) is 0 Å². The predicted octanol–water partition coefficient (Wildman–Crippen LogP) is 2.27. The van der Waals surface area contributed by atoms with Crippen LogP contribution in [0.4, 0.5) is 0 Å². The molecule has 1 aliphatic heterocycles. The molecule has 0 amide bonds. The molecule has 0 spiro atoms. The average molecular weight is 251 g/mol. The number of aromatic nitrogens is 1. The predicted molar refractivity (Wildman–Crippen MR) is 72.3 cm³/mol. The maximum atomic E-state index is 5.11. The number of piperidine rings is 1. The first-order chi connectivity index (χ1) is 8.79. The fourth-order valence-electron chi connectivity index (χ4n) is 2.78. The van der Waals surface area contributed by atoms with Crippen molar-refractivity contribution < 1.29 is 4.52 Å². The summed E-state index contributed by atoms with van der Waals surface area (Å²) in [5.74, 6) is 1.68. The van der Waals surface area contributed by atoms with E-state index >= 15 is 0 Å². The number of likely N-dealkylation sites (tertiary alicyclic amines) is 1. The molecule has 1 aromatic heterocycles. The van der Waals surface area contributed by atoms with Crippen LogP contribution in [0.3, 0.4) is 0 Å². The molecule has 1 N–H and O–H groups in total. The molecule has 2 unspecified atom stereocenters. The molecule has 2 heterocycles. The van der Waals surface area contributed by atoms with Crippen LogP contribution in [0.5, 0.6) is 0 Å². The normalized spacial score (nSPS) is 23.1. The highest BCUT2D eigenvalue weighted by molar-refractivity contribution is 4.93. The van der Waals surface area contributed by atoms with Gasteiger partial charge < -0.3 is 14.7 Å². The molecule has 0 bridgehead atoms. The topological polar surface area (TPSA) is 41.3 Å². The second-order valence-corrected chi connectivity index (χ2v) is 5.35. The third-order valence-electron chi connectivity index (χ3n) is 3.88. The van der Waals surface area contributed by atoms with Gasteiger partial charge in [0.2, 0.25) is 0 Å². The van der Waals surface area contributed by atoms with E-state index in [1.807, 2.05) is 6.07 Å². The van der Waals surface area contributed by atoms with Crippen molar-refractivity contribution in [3.63, 3.8) is 0 Å². The van der Waals surface area contributed by atoms with Gasteiger partial charge in [0.25, 0.3) is 0 Å². The Balaban J connectivity index is 1.75. The van der Waals surface area contributed by atoms with Crippen molar-refractivity contribution in [2.45, 2.75) is 45.7 Å². The van der Waals surface area contributed by atoms with E-state index in [1.54, 1.807) is 6.20 Å². The summed E-state index contributed by atoms with van der Waals surface area (Å²) in [6.07, 6.45) is 5.63. The number of hydrogen-bond donors (Lipinski definition) is 1. The molecule has 4 nitrogen and oxygen atoms in total. The van der Waals surface area contributed by atoms with Crippen molar-refractivity contribution in [1.29, 1.82) is 0 Å². The van der Waals surface area contributed by atoms with E-state index in [0.29, 0.717) is 6.04 Å². The highest BCUT2D eigenvalue weighted by Crippen LogP contribution is 2.20. The summed E-state index contributed by atoms with van der Waals surface area (Å²) < 4.78 is 5.11. The van der Waals surface area contributed by atoms with E-state index in [1.165, 1.54) is 38.9 Å². The van der Waals surface area contributed by atoms with Crippen LogP contribution in [0.2, 0.25) is 0 Å². The Labute approximate surface area is 110 Å². The van der Waals surface area contributed by atoms with Gasteiger partial charge in [-0.15, -0.1) is 0 Å². The molecule has 2 rings (SSSR count). The summed E-state index contributed by atoms with van der Waals surface area (Å²) >= 11 is 0. The summed E-state index contributed by atoms with van der Waals surface area (Å²) in [5.41, 5.74) is 0. The summed E-state index contributed by atoms with van der Waals surface area (Å²) in [4.78, 5) is 2.60. The molecule has 0 aromatic carbocycles. The molecule has 102 valence electrons. The van der Waals surface area contributed by atoms with Gasteiger partial charge in [0.15, 0.2) is 0 Å². The Morgan fingerprint density at radius 1 is 1.61 bits per heavy atom. The molecule has 4 heteroatoms. The Morgan fingerprint density at radius 3 is 3.22 bits per heavy atom. The first-order valence-corrected chi connectivity index (χ1v) is 7.15. The van der Waals surface area contributed by atoms with E-state index in [4.69, 9.17) is 4.52 Å². The fourth-order valence-corrected chi connectivity index (χ4v) is 2.78. The van der Waals surface area contributed by atoms with Crippen LogP contribution >= 0.6 is 0 Å².